The van der Waals surface area contributed by atoms with Crippen LogP contribution in [0.25, 0.3) is 0 Å². The smallest absolute Gasteiger partial charge is 0.223 e. The molecule has 1 heterocycles. The maximum absolute atomic E-state index is 12.6. The lowest BCUT2D eigenvalue weighted by molar-refractivity contribution is -0.128. The summed E-state index contributed by atoms with van der Waals surface area (Å²) in [4.78, 5) is 18.7. The Morgan fingerprint density at radius 1 is 1.17 bits per heavy atom. The van der Waals surface area contributed by atoms with Crippen LogP contribution in [0.2, 0.25) is 0 Å². The number of nitrogens with zero attached hydrogens (tertiary/aromatic N) is 1. The van der Waals surface area contributed by atoms with Crippen LogP contribution in [-0.4, -0.2) is 16.9 Å². The first kappa shape index (κ1) is 15.6. The van der Waals surface area contributed by atoms with E-state index in [1.54, 1.807) is 11.3 Å². The third kappa shape index (κ3) is 3.18. The van der Waals surface area contributed by atoms with Gasteiger partial charge in [0.15, 0.2) is 0 Å². The summed E-state index contributed by atoms with van der Waals surface area (Å²) in [6.45, 7) is 0.606. The van der Waals surface area contributed by atoms with Gasteiger partial charge >= 0.3 is 0 Å². The van der Waals surface area contributed by atoms with Gasteiger partial charge in [0.1, 0.15) is 5.01 Å². The van der Waals surface area contributed by atoms with Gasteiger partial charge in [0.05, 0.1) is 12.2 Å². The Kier molecular flexibility index (Phi) is 4.41. The lowest BCUT2D eigenvalue weighted by Gasteiger charge is -2.43. The molecule has 1 aromatic rings. The summed E-state index contributed by atoms with van der Waals surface area (Å²) >= 11 is 1.80. The summed E-state index contributed by atoms with van der Waals surface area (Å²) in [5, 5.41) is 4.23. The largest absolute Gasteiger partial charge is 0.349 e. The summed E-state index contributed by atoms with van der Waals surface area (Å²) < 4.78 is 0. The minimum Gasteiger partial charge on any atom is -0.349 e. The molecular formula is C18H27N3OS. The Labute approximate surface area is 142 Å². The van der Waals surface area contributed by atoms with Gasteiger partial charge in [-0.15, -0.1) is 11.3 Å². The fourth-order valence-corrected chi connectivity index (χ4v) is 5.89. The van der Waals surface area contributed by atoms with Gasteiger partial charge in [-0.05, 0) is 63.2 Å². The number of fused-ring (bicyclic) bond motifs is 3. The highest BCUT2D eigenvalue weighted by Gasteiger charge is 2.40. The number of thiazole rings is 1. The normalized spacial score (nSPS) is 33.1. The predicted octanol–water partition coefficient (Wildman–Crippen LogP) is 2.79. The highest BCUT2D eigenvalue weighted by molar-refractivity contribution is 7.11. The number of nitrogens with two attached hydrogens (primary N) is 1. The van der Waals surface area contributed by atoms with Crippen molar-refractivity contribution >= 4 is 17.2 Å². The first-order valence-electron chi connectivity index (χ1n) is 9.21. The van der Waals surface area contributed by atoms with Crippen molar-refractivity contribution < 1.29 is 4.79 Å². The van der Waals surface area contributed by atoms with E-state index >= 15 is 0 Å². The predicted molar refractivity (Wildman–Crippen MR) is 92.1 cm³/mol. The average Bonchev–Trinajstić information content (AvgIpc) is 2.95. The summed E-state index contributed by atoms with van der Waals surface area (Å²) in [6.07, 6.45) is 10.5. The first-order valence-corrected chi connectivity index (χ1v) is 10.0. The van der Waals surface area contributed by atoms with E-state index in [-0.39, 0.29) is 11.8 Å². The van der Waals surface area contributed by atoms with Gasteiger partial charge in [-0.1, -0.05) is 6.42 Å². The third-order valence-corrected chi connectivity index (χ3v) is 7.25. The lowest BCUT2D eigenvalue weighted by atomic mass is 9.65. The van der Waals surface area contributed by atoms with Gasteiger partial charge < -0.3 is 11.1 Å². The quantitative estimate of drug-likeness (QED) is 0.894. The fourth-order valence-electron chi connectivity index (χ4n) is 4.79. The van der Waals surface area contributed by atoms with Crippen LogP contribution in [0.15, 0.2) is 0 Å². The Balaban J connectivity index is 1.34. The molecule has 0 aromatic carbocycles. The highest BCUT2D eigenvalue weighted by atomic mass is 32.1. The van der Waals surface area contributed by atoms with Gasteiger partial charge in [-0.3, -0.25) is 4.79 Å². The number of hydrogen-bond acceptors (Lipinski definition) is 4. The van der Waals surface area contributed by atoms with Gasteiger partial charge in [0.25, 0.3) is 0 Å². The Morgan fingerprint density at radius 3 is 2.65 bits per heavy atom. The molecule has 2 fully saturated rings. The molecule has 3 aliphatic rings. The molecule has 0 spiro atoms. The summed E-state index contributed by atoms with van der Waals surface area (Å²) in [6, 6.07) is 0.332. The molecule has 4 nitrogen and oxygen atoms in total. The zero-order chi connectivity index (χ0) is 15.8. The lowest BCUT2D eigenvalue weighted by Crippen LogP contribution is -2.49. The molecule has 2 bridgehead atoms. The molecule has 4 rings (SSSR count). The molecule has 0 radical (unpaired) electrons. The minimum atomic E-state index is 0.166. The van der Waals surface area contributed by atoms with E-state index in [0.717, 1.165) is 24.3 Å². The third-order valence-electron chi connectivity index (χ3n) is 6.09. The number of carbonyl (C=O) groups excluding carboxylic acids is 1. The molecule has 126 valence electrons. The van der Waals surface area contributed by atoms with Crippen molar-refractivity contribution in [1.82, 2.24) is 10.3 Å². The maximum atomic E-state index is 12.6. The van der Waals surface area contributed by atoms with Crippen LogP contribution in [0.4, 0.5) is 0 Å². The first-order chi connectivity index (χ1) is 11.2. The SMILES string of the molecule is NC1C2CCCC1CC(C(=O)NCc1nc3c(s1)CCCC3)C2. The van der Waals surface area contributed by atoms with Crippen LogP contribution in [0.3, 0.4) is 0 Å². The topological polar surface area (TPSA) is 68.0 Å². The van der Waals surface area contributed by atoms with E-state index in [2.05, 4.69) is 5.32 Å². The van der Waals surface area contributed by atoms with Crippen LogP contribution < -0.4 is 11.1 Å². The molecule has 1 amide bonds. The highest BCUT2D eigenvalue weighted by Crippen LogP contribution is 2.41. The average molecular weight is 334 g/mol. The van der Waals surface area contributed by atoms with Gasteiger partial charge in [0, 0.05) is 16.8 Å². The zero-order valence-corrected chi connectivity index (χ0v) is 14.5. The van der Waals surface area contributed by atoms with Crippen LogP contribution in [0.5, 0.6) is 0 Å². The number of amides is 1. The van der Waals surface area contributed by atoms with Gasteiger partial charge in [-0.2, -0.15) is 0 Å². The van der Waals surface area contributed by atoms with E-state index in [1.165, 1.54) is 49.1 Å². The second-order valence-electron chi connectivity index (χ2n) is 7.60. The van der Waals surface area contributed by atoms with Crippen molar-refractivity contribution in [3.63, 3.8) is 0 Å². The molecular weight excluding hydrogens is 306 g/mol. The number of rotatable bonds is 3. The van der Waals surface area contributed by atoms with E-state index in [1.807, 2.05) is 0 Å². The van der Waals surface area contributed by atoms with E-state index in [9.17, 15) is 4.79 Å². The molecule has 23 heavy (non-hydrogen) atoms. The standard InChI is InChI=1S/C18H27N3OS/c19-17-11-4-3-5-12(17)9-13(8-11)18(22)20-10-16-21-14-6-1-2-7-15(14)23-16/h11-13,17H,1-10,19H2,(H,20,22). The second kappa shape index (κ2) is 6.52. The van der Waals surface area contributed by atoms with E-state index in [4.69, 9.17) is 10.7 Å². The van der Waals surface area contributed by atoms with E-state index < -0.39 is 0 Å². The Bertz CT molecular complexity index is 547. The van der Waals surface area contributed by atoms with Crippen molar-refractivity contribution in [2.24, 2.45) is 23.5 Å². The molecule has 2 unspecified atom stereocenters. The molecule has 3 aliphatic carbocycles. The molecule has 0 saturated heterocycles. The number of hydrogen-bond donors (Lipinski definition) is 2. The number of carbonyl (C=O) groups is 1. The monoisotopic (exact) mass is 333 g/mol. The van der Waals surface area contributed by atoms with Crippen molar-refractivity contribution in [2.75, 3.05) is 0 Å². The Hall–Kier alpha value is -0.940. The molecule has 1 aromatic heterocycles. The summed E-state index contributed by atoms with van der Waals surface area (Å²) in [5.74, 6) is 1.51. The summed E-state index contributed by atoms with van der Waals surface area (Å²) in [7, 11) is 0. The van der Waals surface area contributed by atoms with Crippen molar-refractivity contribution in [1.29, 1.82) is 0 Å². The van der Waals surface area contributed by atoms with E-state index in [0.29, 0.717) is 24.4 Å². The Morgan fingerprint density at radius 2 is 1.91 bits per heavy atom. The van der Waals surface area contributed by atoms with Gasteiger partial charge in [0.2, 0.25) is 5.91 Å². The summed E-state index contributed by atoms with van der Waals surface area (Å²) in [5.41, 5.74) is 7.61. The van der Waals surface area contributed by atoms with Gasteiger partial charge in [-0.25, -0.2) is 4.98 Å². The second-order valence-corrected chi connectivity index (χ2v) is 8.77. The zero-order valence-electron chi connectivity index (χ0n) is 13.7. The maximum Gasteiger partial charge on any atom is 0.223 e. The fraction of sp³-hybridized carbons (Fsp3) is 0.778. The molecule has 3 N–H and O–H groups in total. The van der Waals surface area contributed by atoms with Crippen LogP contribution in [-0.2, 0) is 24.2 Å². The number of aromatic nitrogens is 1. The molecule has 2 saturated carbocycles. The van der Waals surface area contributed by atoms with Crippen LogP contribution >= 0.6 is 11.3 Å². The van der Waals surface area contributed by atoms with Crippen LogP contribution in [0.1, 0.15) is 60.5 Å². The van der Waals surface area contributed by atoms with Crippen molar-refractivity contribution in [3.8, 4) is 0 Å². The minimum absolute atomic E-state index is 0.166. The number of aryl methyl sites for hydroxylation is 2. The molecule has 2 atom stereocenters. The number of nitrogens with one attached hydrogen (secondary N) is 1. The van der Waals surface area contributed by atoms with Crippen LogP contribution in [0, 0.1) is 17.8 Å². The molecule has 0 aliphatic heterocycles. The molecule has 5 heteroatoms. The van der Waals surface area contributed by atoms with Crippen molar-refractivity contribution in [3.05, 3.63) is 15.6 Å². The van der Waals surface area contributed by atoms with Crippen molar-refractivity contribution in [2.45, 2.75) is 70.4 Å².